The first-order chi connectivity index (χ1) is 7.74. The second-order valence-electron chi connectivity index (χ2n) is 5.68. The van der Waals surface area contributed by atoms with Crippen LogP contribution in [0.3, 0.4) is 0 Å². The minimum atomic E-state index is 0.314. The van der Waals surface area contributed by atoms with Gasteiger partial charge in [0.05, 0.1) is 0 Å². The van der Waals surface area contributed by atoms with Crippen LogP contribution in [0.1, 0.15) is 52.4 Å². The van der Waals surface area contributed by atoms with E-state index in [1.807, 2.05) is 0 Å². The average Bonchev–Trinajstić information content (AvgIpc) is 2.30. The predicted octanol–water partition coefficient (Wildman–Crippen LogP) is 2.81. The van der Waals surface area contributed by atoms with Gasteiger partial charge in [0.1, 0.15) is 0 Å². The summed E-state index contributed by atoms with van der Waals surface area (Å²) in [5.41, 5.74) is 0. The molecule has 0 saturated heterocycles. The van der Waals surface area contributed by atoms with Crippen LogP contribution in [0.2, 0.25) is 0 Å². The molecule has 0 heterocycles. The zero-order valence-electron chi connectivity index (χ0n) is 11.0. The maximum atomic E-state index is 9.20. The molecular weight excluding hydrogens is 198 g/mol. The summed E-state index contributed by atoms with van der Waals surface area (Å²) in [6.07, 6.45) is 8.54. The minimum Gasteiger partial charge on any atom is -0.396 e. The Hall–Kier alpha value is -0.0800. The summed E-state index contributed by atoms with van der Waals surface area (Å²) in [5, 5.41) is 12.7. The molecule has 1 aliphatic rings. The first-order valence-electron chi connectivity index (χ1n) is 7.05. The van der Waals surface area contributed by atoms with Gasteiger partial charge in [-0.25, -0.2) is 0 Å². The lowest BCUT2D eigenvalue weighted by molar-refractivity contribution is 0.185. The molecule has 0 aromatic heterocycles. The smallest absolute Gasteiger partial charge is 0.0473 e. The Kier molecular flexibility index (Phi) is 7.06. The summed E-state index contributed by atoms with van der Waals surface area (Å²) < 4.78 is 0. The van der Waals surface area contributed by atoms with Gasteiger partial charge in [0, 0.05) is 13.2 Å². The van der Waals surface area contributed by atoms with Crippen LogP contribution in [0.15, 0.2) is 0 Å². The lowest BCUT2D eigenvalue weighted by atomic mass is 9.87. The molecule has 1 aliphatic carbocycles. The van der Waals surface area contributed by atoms with E-state index in [1.165, 1.54) is 38.5 Å². The molecule has 2 N–H and O–H groups in total. The van der Waals surface area contributed by atoms with Crippen molar-refractivity contribution in [2.24, 2.45) is 17.8 Å². The number of hydrogen-bond acceptors (Lipinski definition) is 2. The van der Waals surface area contributed by atoms with Crippen molar-refractivity contribution in [2.45, 2.75) is 52.4 Å². The van der Waals surface area contributed by atoms with Crippen molar-refractivity contribution in [1.82, 2.24) is 5.32 Å². The second-order valence-corrected chi connectivity index (χ2v) is 5.68. The lowest BCUT2D eigenvalue weighted by Crippen LogP contribution is -2.30. The number of aliphatic hydroxyl groups excluding tert-OH is 1. The number of aliphatic hydroxyl groups is 1. The van der Waals surface area contributed by atoms with E-state index in [0.717, 1.165) is 19.0 Å². The SMILES string of the molecule is CC(C)C(CO)CNCCC1CCCCC1. The summed E-state index contributed by atoms with van der Waals surface area (Å²) >= 11 is 0. The van der Waals surface area contributed by atoms with Crippen molar-refractivity contribution in [1.29, 1.82) is 0 Å². The van der Waals surface area contributed by atoms with Crippen LogP contribution in [0.5, 0.6) is 0 Å². The standard InChI is InChI=1S/C14H29NO/c1-12(2)14(11-16)10-15-9-8-13-6-4-3-5-7-13/h12-16H,3-11H2,1-2H3. The van der Waals surface area contributed by atoms with Crippen molar-refractivity contribution >= 4 is 0 Å². The molecule has 0 radical (unpaired) electrons. The summed E-state index contributed by atoms with van der Waals surface area (Å²) in [5.74, 6) is 1.96. The van der Waals surface area contributed by atoms with Gasteiger partial charge in [-0.05, 0) is 30.7 Å². The molecule has 0 amide bonds. The molecule has 0 aliphatic heterocycles. The van der Waals surface area contributed by atoms with E-state index >= 15 is 0 Å². The highest BCUT2D eigenvalue weighted by atomic mass is 16.3. The fourth-order valence-electron chi connectivity index (χ4n) is 2.58. The molecule has 1 saturated carbocycles. The molecule has 0 spiro atoms. The van der Waals surface area contributed by atoms with Gasteiger partial charge in [-0.1, -0.05) is 46.0 Å². The molecule has 1 fully saturated rings. The summed E-state index contributed by atoms with van der Waals surface area (Å²) in [7, 11) is 0. The predicted molar refractivity (Wildman–Crippen MR) is 69.5 cm³/mol. The Bertz CT molecular complexity index is 164. The fourth-order valence-corrected chi connectivity index (χ4v) is 2.58. The van der Waals surface area contributed by atoms with Gasteiger partial charge in [0.25, 0.3) is 0 Å². The van der Waals surface area contributed by atoms with Crippen LogP contribution in [0.4, 0.5) is 0 Å². The van der Waals surface area contributed by atoms with Crippen molar-refractivity contribution in [3.05, 3.63) is 0 Å². The van der Waals surface area contributed by atoms with E-state index in [0.29, 0.717) is 18.4 Å². The zero-order valence-corrected chi connectivity index (χ0v) is 11.0. The van der Waals surface area contributed by atoms with E-state index < -0.39 is 0 Å². The molecule has 2 heteroatoms. The van der Waals surface area contributed by atoms with Crippen LogP contribution < -0.4 is 5.32 Å². The van der Waals surface area contributed by atoms with E-state index in [2.05, 4.69) is 19.2 Å². The van der Waals surface area contributed by atoms with Gasteiger partial charge in [-0.3, -0.25) is 0 Å². The van der Waals surface area contributed by atoms with E-state index in [4.69, 9.17) is 0 Å². The van der Waals surface area contributed by atoms with Crippen LogP contribution in [0, 0.1) is 17.8 Å². The molecule has 1 atom stereocenters. The van der Waals surface area contributed by atoms with Gasteiger partial charge in [-0.2, -0.15) is 0 Å². The highest BCUT2D eigenvalue weighted by molar-refractivity contribution is 4.69. The molecule has 0 bridgehead atoms. The fraction of sp³-hybridized carbons (Fsp3) is 1.00. The number of nitrogens with one attached hydrogen (secondary N) is 1. The quantitative estimate of drug-likeness (QED) is 0.656. The largest absolute Gasteiger partial charge is 0.396 e. The third-order valence-corrected chi connectivity index (χ3v) is 4.04. The number of hydrogen-bond donors (Lipinski definition) is 2. The third kappa shape index (κ3) is 5.31. The van der Waals surface area contributed by atoms with Crippen LogP contribution in [0.25, 0.3) is 0 Å². The lowest BCUT2D eigenvalue weighted by Gasteiger charge is -2.23. The van der Waals surface area contributed by atoms with E-state index in [1.54, 1.807) is 0 Å². The Morgan fingerprint density at radius 2 is 1.88 bits per heavy atom. The molecule has 16 heavy (non-hydrogen) atoms. The summed E-state index contributed by atoms with van der Waals surface area (Å²) in [6, 6.07) is 0. The van der Waals surface area contributed by atoms with Crippen molar-refractivity contribution < 1.29 is 5.11 Å². The van der Waals surface area contributed by atoms with Gasteiger partial charge < -0.3 is 10.4 Å². The third-order valence-electron chi connectivity index (χ3n) is 4.04. The number of rotatable bonds is 7. The molecule has 2 nitrogen and oxygen atoms in total. The van der Waals surface area contributed by atoms with Gasteiger partial charge in [0.15, 0.2) is 0 Å². The second kappa shape index (κ2) is 8.08. The maximum absolute atomic E-state index is 9.20. The molecular formula is C14H29NO. The Morgan fingerprint density at radius 3 is 2.44 bits per heavy atom. The van der Waals surface area contributed by atoms with Crippen molar-refractivity contribution in [3.8, 4) is 0 Å². The highest BCUT2D eigenvalue weighted by Gasteiger charge is 2.14. The Labute approximate surface area is 101 Å². The molecule has 96 valence electrons. The van der Waals surface area contributed by atoms with Gasteiger partial charge >= 0.3 is 0 Å². The normalized spacial score (nSPS) is 20.2. The van der Waals surface area contributed by atoms with Gasteiger partial charge in [0.2, 0.25) is 0 Å². The maximum Gasteiger partial charge on any atom is 0.0473 e. The molecule has 0 aromatic rings. The highest BCUT2D eigenvalue weighted by Crippen LogP contribution is 2.25. The zero-order chi connectivity index (χ0) is 11.8. The van der Waals surface area contributed by atoms with Crippen LogP contribution in [-0.4, -0.2) is 24.8 Å². The van der Waals surface area contributed by atoms with E-state index in [9.17, 15) is 5.11 Å². The monoisotopic (exact) mass is 227 g/mol. The first-order valence-corrected chi connectivity index (χ1v) is 7.05. The molecule has 1 rings (SSSR count). The van der Waals surface area contributed by atoms with Crippen molar-refractivity contribution in [3.63, 3.8) is 0 Å². The minimum absolute atomic E-state index is 0.314. The van der Waals surface area contributed by atoms with Crippen molar-refractivity contribution in [2.75, 3.05) is 19.7 Å². The molecule has 0 aromatic carbocycles. The summed E-state index contributed by atoms with van der Waals surface area (Å²) in [4.78, 5) is 0. The topological polar surface area (TPSA) is 32.3 Å². The Balaban J connectivity index is 2.01. The van der Waals surface area contributed by atoms with Crippen LogP contribution >= 0.6 is 0 Å². The summed E-state index contributed by atoms with van der Waals surface area (Å²) in [6.45, 7) is 6.79. The van der Waals surface area contributed by atoms with E-state index in [-0.39, 0.29) is 0 Å². The Morgan fingerprint density at radius 1 is 1.19 bits per heavy atom. The molecule has 1 unspecified atom stereocenters. The van der Waals surface area contributed by atoms with Crippen LogP contribution in [-0.2, 0) is 0 Å². The first kappa shape index (κ1) is 14.0. The van der Waals surface area contributed by atoms with Gasteiger partial charge in [-0.15, -0.1) is 0 Å². The average molecular weight is 227 g/mol.